The Morgan fingerprint density at radius 1 is 0.652 bits per heavy atom. The van der Waals surface area contributed by atoms with Crippen LogP contribution in [0.2, 0.25) is 0 Å². The molecular formula is C20H44O3. The van der Waals surface area contributed by atoms with Gasteiger partial charge in [-0.05, 0) is 55.4 Å². The van der Waals surface area contributed by atoms with E-state index >= 15 is 0 Å². The van der Waals surface area contributed by atoms with E-state index in [1.807, 2.05) is 55.4 Å². The molecule has 0 unspecified atom stereocenters. The van der Waals surface area contributed by atoms with Crippen molar-refractivity contribution in [1.82, 2.24) is 0 Å². The summed E-state index contributed by atoms with van der Waals surface area (Å²) in [6.45, 7) is 28.9. The lowest BCUT2D eigenvalue weighted by Crippen LogP contribution is -2.09. The largest absolute Gasteiger partial charge is 0.394 e. The number of allylic oxidation sites excluding steroid dienone is 4. The van der Waals surface area contributed by atoms with Gasteiger partial charge < -0.3 is 14.9 Å². The molecule has 2 N–H and O–H groups in total. The lowest BCUT2D eigenvalue weighted by molar-refractivity contribution is 0.0300. The lowest BCUT2D eigenvalue weighted by atomic mass is 10.4. The Kier molecular flexibility index (Phi) is 96.2. The minimum Gasteiger partial charge on any atom is -0.394 e. The molecule has 0 aromatic carbocycles. The fourth-order valence-electron chi connectivity index (χ4n) is 0.544. The number of aliphatic hydroxyl groups is 2. The molecule has 3 nitrogen and oxygen atoms in total. The Labute approximate surface area is 147 Å². The predicted octanol–water partition coefficient (Wildman–Crippen LogP) is 5.56. The van der Waals surface area contributed by atoms with Gasteiger partial charge in [0.15, 0.2) is 0 Å². The molecule has 0 bridgehead atoms. The number of hydrogen-bond acceptors (Lipinski definition) is 3. The average molecular weight is 333 g/mol. The van der Waals surface area contributed by atoms with Gasteiger partial charge in [-0.1, -0.05) is 24.3 Å². The first-order chi connectivity index (χ1) is 10.7. The van der Waals surface area contributed by atoms with Gasteiger partial charge in [-0.3, -0.25) is 0 Å². The van der Waals surface area contributed by atoms with Gasteiger partial charge >= 0.3 is 0 Å². The quantitative estimate of drug-likeness (QED) is 0.665. The number of hydrogen-bond donors (Lipinski definition) is 2. The van der Waals surface area contributed by atoms with Gasteiger partial charge in [0, 0.05) is 0 Å². The van der Waals surface area contributed by atoms with Crippen molar-refractivity contribution in [3.8, 4) is 0 Å². The molecule has 0 amide bonds. The maximum atomic E-state index is 7.62. The van der Waals surface area contributed by atoms with E-state index in [0.29, 0.717) is 12.2 Å². The van der Waals surface area contributed by atoms with Crippen molar-refractivity contribution in [1.29, 1.82) is 0 Å². The van der Waals surface area contributed by atoms with Crippen LogP contribution in [0.1, 0.15) is 55.4 Å². The van der Waals surface area contributed by atoms with Gasteiger partial charge in [0.05, 0.1) is 25.4 Å². The zero-order valence-corrected chi connectivity index (χ0v) is 17.0. The van der Waals surface area contributed by atoms with Crippen molar-refractivity contribution in [2.75, 3.05) is 13.2 Å². The van der Waals surface area contributed by atoms with Crippen molar-refractivity contribution in [3.63, 3.8) is 0 Å². The Bertz CT molecular complexity index is 153. The van der Waals surface area contributed by atoms with Crippen LogP contribution in [0.25, 0.3) is 0 Å². The summed E-state index contributed by atoms with van der Waals surface area (Å²) in [5.41, 5.74) is 0. The molecule has 0 saturated carbocycles. The van der Waals surface area contributed by atoms with Gasteiger partial charge in [-0.2, -0.15) is 0 Å². The molecule has 0 rings (SSSR count). The fourth-order valence-corrected chi connectivity index (χ4v) is 0.544. The zero-order valence-electron chi connectivity index (χ0n) is 17.0. The van der Waals surface area contributed by atoms with Crippen molar-refractivity contribution in [2.45, 2.75) is 67.6 Å². The Hall–Kier alpha value is -1.16. The van der Waals surface area contributed by atoms with Crippen LogP contribution < -0.4 is 0 Å². The standard InChI is InChI=1S/C6H14O.4C3H6.C2H6O2/c1-5(2)7-6(3)4;4*1-3-2;3-1-2-4/h5-6H,1-4H3;4*3H,1H2,2H3;3-4H,1-2H2. The van der Waals surface area contributed by atoms with Gasteiger partial charge in [-0.25, -0.2) is 0 Å². The van der Waals surface area contributed by atoms with Crippen LogP contribution in [0.15, 0.2) is 50.6 Å². The molecule has 0 saturated heterocycles. The second-order valence-electron chi connectivity index (χ2n) is 4.31. The molecule has 0 aliphatic carbocycles. The zero-order chi connectivity index (χ0) is 20.1. The molecule has 23 heavy (non-hydrogen) atoms. The smallest absolute Gasteiger partial charge is 0.0662 e. The van der Waals surface area contributed by atoms with Crippen molar-refractivity contribution in [2.24, 2.45) is 0 Å². The molecule has 0 aliphatic heterocycles. The summed E-state index contributed by atoms with van der Waals surface area (Å²) in [4.78, 5) is 0. The van der Waals surface area contributed by atoms with Crippen molar-refractivity contribution < 1.29 is 14.9 Å². The first-order valence-electron chi connectivity index (χ1n) is 7.86. The van der Waals surface area contributed by atoms with E-state index in [1.54, 1.807) is 24.3 Å². The first-order valence-corrected chi connectivity index (χ1v) is 7.86. The van der Waals surface area contributed by atoms with Crippen LogP contribution in [0, 0.1) is 0 Å². The summed E-state index contributed by atoms with van der Waals surface area (Å²) >= 11 is 0. The van der Waals surface area contributed by atoms with E-state index in [2.05, 4.69) is 26.3 Å². The maximum Gasteiger partial charge on any atom is 0.0662 e. The van der Waals surface area contributed by atoms with Crippen LogP contribution in [0.4, 0.5) is 0 Å². The number of ether oxygens (including phenoxy) is 1. The summed E-state index contributed by atoms with van der Waals surface area (Å²) in [6.07, 6.45) is 7.75. The third-order valence-electron chi connectivity index (χ3n) is 0.644. The molecule has 0 aliphatic rings. The highest BCUT2D eigenvalue weighted by Gasteiger charge is 1.94. The third kappa shape index (κ3) is 502. The van der Waals surface area contributed by atoms with E-state index in [0.717, 1.165) is 0 Å². The topological polar surface area (TPSA) is 49.7 Å². The summed E-state index contributed by atoms with van der Waals surface area (Å²) in [5.74, 6) is 0. The SMILES string of the molecule is C=CC.C=CC.C=CC.C=CC.CC(C)OC(C)C.OCCO. The molecule has 0 aromatic heterocycles. The van der Waals surface area contributed by atoms with E-state index in [9.17, 15) is 0 Å². The Morgan fingerprint density at radius 3 is 0.783 bits per heavy atom. The molecule has 3 heteroatoms. The van der Waals surface area contributed by atoms with Crippen LogP contribution >= 0.6 is 0 Å². The highest BCUT2D eigenvalue weighted by atomic mass is 16.5. The van der Waals surface area contributed by atoms with Crippen LogP contribution in [0.5, 0.6) is 0 Å². The second-order valence-corrected chi connectivity index (χ2v) is 4.31. The summed E-state index contributed by atoms with van der Waals surface area (Å²) in [5, 5.41) is 15.2. The summed E-state index contributed by atoms with van der Waals surface area (Å²) in [7, 11) is 0. The van der Waals surface area contributed by atoms with Gasteiger partial charge in [0.1, 0.15) is 0 Å². The average Bonchev–Trinajstić information content (AvgIpc) is 2.41. The van der Waals surface area contributed by atoms with Crippen LogP contribution in [-0.4, -0.2) is 35.6 Å². The van der Waals surface area contributed by atoms with Crippen molar-refractivity contribution in [3.05, 3.63) is 50.6 Å². The van der Waals surface area contributed by atoms with E-state index in [4.69, 9.17) is 14.9 Å². The summed E-state index contributed by atoms with van der Waals surface area (Å²) < 4.78 is 5.25. The lowest BCUT2D eigenvalue weighted by Gasteiger charge is -2.09. The monoisotopic (exact) mass is 332 g/mol. The van der Waals surface area contributed by atoms with Gasteiger partial charge in [-0.15, -0.1) is 26.3 Å². The normalized spacial score (nSPS) is 6.96. The Balaban J connectivity index is -0.0000000396. The fraction of sp³-hybridized carbons (Fsp3) is 0.600. The predicted molar refractivity (Wildman–Crippen MR) is 109 cm³/mol. The van der Waals surface area contributed by atoms with Crippen molar-refractivity contribution >= 4 is 0 Å². The highest BCUT2D eigenvalue weighted by Crippen LogP contribution is 1.93. The minimum atomic E-state index is -0.125. The first kappa shape index (κ1) is 37.8. The molecule has 142 valence electrons. The molecular weight excluding hydrogens is 288 g/mol. The van der Waals surface area contributed by atoms with E-state index < -0.39 is 0 Å². The van der Waals surface area contributed by atoms with Gasteiger partial charge in [0.2, 0.25) is 0 Å². The molecule has 0 aromatic rings. The molecule has 0 atom stereocenters. The van der Waals surface area contributed by atoms with Crippen LogP contribution in [-0.2, 0) is 4.74 Å². The highest BCUT2D eigenvalue weighted by molar-refractivity contribution is 4.52. The number of aliphatic hydroxyl groups excluding tert-OH is 2. The summed E-state index contributed by atoms with van der Waals surface area (Å²) in [6, 6.07) is 0. The molecule has 0 fully saturated rings. The molecule has 0 spiro atoms. The number of rotatable bonds is 3. The Morgan fingerprint density at radius 2 is 0.783 bits per heavy atom. The van der Waals surface area contributed by atoms with Crippen LogP contribution in [0.3, 0.4) is 0 Å². The molecule has 0 radical (unpaired) electrons. The third-order valence-corrected chi connectivity index (χ3v) is 0.644. The second kappa shape index (κ2) is 58.5. The van der Waals surface area contributed by atoms with Gasteiger partial charge in [0.25, 0.3) is 0 Å². The van der Waals surface area contributed by atoms with E-state index in [-0.39, 0.29) is 13.2 Å². The minimum absolute atomic E-state index is 0.125. The van der Waals surface area contributed by atoms with E-state index in [1.165, 1.54) is 0 Å². The maximum absolute atomic E-state index is 7.62. The molecule has 0 heterocycles.